The quantitative estimate of drug-likeness (QED) is 0.636. The fraction of sp³-hybridized carbons (Fsp3) is 0.667. The van der Waals surface area contributed by atoms with Gasteiger partial charge in [-0.1, -0.05) is 6.42 Å². The van der Waals surface area contributed by atoms with Crippen LogP contribution in [-0.2, 0) is 6.54 Å². The Morgan fingerprint density at radius 1 is 1.53 bits per heavy atom. The third kappa shape index (κ3) is 3.43. The number of rotatable bonds is 4. The highest BCUT2D eigenvalue weighted by molar-refractivity contribution is 7.11. The van der Waals surface area contributed by atoms with Crippen molar-refractivity contribution in [3.63, 3.8) is 0 Å². The van der Waals surface area contributed by atoms with Crippen LogP contribution in [0.5, 0.6) is 0 Å². The van der Waals surface area contributed by atoms with Crippen LogP contribution < -0.4 is 11.1 Å². The van der Waals surface area contributed by atoms with E-state index < -0.39 is 0 Å². The van der Waals surface area contributed by atoms with E-state index in [0.717, 1.165) is 23.2 Å². The first-order valence-electron chi connectivity index (χ1n) is 6.12. The summed E-state index contributed by atoms with van der Waals surface area (Å²) in [4.78, 5) is 9.99. The van der Waals surface area contributed by atoms with Gasteiger partial charge in [-0.25, -0.2) is 9.98 Å². The Bertz CT molecular complexity index is 407. The van der Waals surface area contributed by atoms with Crippen LogP contribution in [0.2, 0.25) is 0 Å². The minimum Gasteiger partial charge on any atom is -0.370 e. The molecular formula is C12H20N4S. The van der Waals surface area contributed by atoms with Gasteiger partial charge in [0, 0.05) is 11.4 Å². The fourth-order valence-electron chi connectivity index (χ4n) is 1.88. The summed E-state index contributed by atoms with van der Waals surface area (Å²) in [5.41, 5.74) is 6.86. The lowest BCUT2D eigenvalue weighted by Crippen LogP contribution is -2.37. The van der Waals surface area contributed by atoms with E-state index in [9.17, 15) is 0 Å². The molecule has 1 heterocycles. The molecule has 0 amide bonds. The molecule has 0 radical (unpaired) electrons. The molecule has 4 nitrogen and oxygen atoms in total. The smallest absolute Gasteiger partial charge is 0.188 e. The van der Waals surface area contributed by atoms with Crippen LogP contribution >= 0.6 is 11.3 Å². The highest BCUT2D eigenvalue weighted by Gasteiger charge is 2.16. The van der Waals surface area contributed by atoms with E-state index in [-0.39, 0.29) is 0 Å². The number of hydrogen-bond acceptors (Lipinski definition) is 3. The van der Waals surface area contributed by atoms with Crippen molar-refractivity contribution >= 4 is 17.3 Å². The second kappa shape index (κ2) is 5.49. The topological polar surface area (TPSA) is 63.3 Å². The highest BCUT2D eigenvalue weighted by Crippen LogP contribution is 2.25. The van der Waals surface area contributed by atoms with Crippen LogP contribution in [0, 0.1) is 19.8 Å². The first kappa shape index (κ1) is 12.4. The monoisotopic (exact) mass is 252 g/mol. The Morgan fingerprint density at radius 3 is 2.82 bits per heavy atom. The van der Waals surface area contributed by atoms with Gasteiger partial charge in [0.05, 0.1) is 17.2 Å². The number of guanidine groups is 1. The minimum absolute atomic E-state index is 0.543. The van der Waals surface area contributed by atoms with Gasteiger partial charge in [0.15, 0.2) is 5.96 Å². The van der Waals surface area contributed by atoms with Crippen LogP contribution in [0.3, 0.4) is 0 Å². The molecule has 0 atom stereocenters. The molecule has 0 aliphatic heterocycles. The van der Waals surface area contributed by atoms with E-state index in [2.05, 4.69) is 22.2 Å². The highest BCUT2D eigenvalue weighted by atomic mass is 32.1. The predicted octanol–water partition coefficient (Wildman–Crippen LogP) is 1.96. The summed E-state index contributed by atoms with van der Waals surface area (Å²) < 4.78 is 0. The lowest BCUT2D eigenvalue weighted by atomic mass is 9.85. The number of nitrogens with two attached hydrogens (primary N) is 1. The van der Waals surface area contributed by atoms with Gasteiger partial charge in [0.1, 0.15) is 0 Å². The van der Waals surface area contributed by atoms with Gasteiger partial charge in [-0.05, 0) is 32.6 Å². The summed E-state index contributed by atoms with van der Waals surface area (Å²) in [6.07, 6.45) is 4.01. The maximum absolute atomic E-state index is 5.82. The molecule has 1 aliphatic rings. The van der Waals surface area contributed by atoms with Crippen molar-refractivity contribution in [3.8, 4) is 0 Å². The zero-order valence-corrected chi connectivity index (χ0v) is 11.3. The van der Waals surface area contributed by atoms with Crippen LogP contribution in [0.4, 0.5) is 0 Å². The van der Waals surface area contributed by atoms with Crippen LogP contribution in [0.25, 0.3) is 0 Å². The maximum atomic E-state index is 5.82. The van der Waals surface area contributed by atoms with Crippen molar-refractivity contribution in [1.82, 2.24) is 10.3 Å². The molecule has 2 rings (SSSR count). The Balaban J connectivity index is 1.80. The van der Waals surface area contributed by atoms with Crippen molar-refractivity contribution in [1.29, 1.82) is 0 Å². The van der Waals surface area contributed by atoms with E-state index in [0.29, 0.717) is 12.5 Å². The average Bonchev–Trinajstić information content (AvgIpc) is 2.52. The third-order valence-corrected chi connectivity index (χ3v) is 4.12. The standard InChI is InChI=1S/C12H20N4S/c1-8-11(16-9(2)17-8)7-15-12(13)14-6-10-4-3-5-10/h10H,3-7H2,1-2H3,(H3,13,14,15). The van der Waals surface area contributed by atoms with Crippen molar-refractivity contribution < 1.29 is 0 Å². The number of hydrogen-bond donors (Lipinski definition) is 2. The van der Waals surface area contributed by atoms with Gasteiger partial charge in [-0.3, -0.25) is 0 Å². The van der Waals surface area contributed by atoms with E-state index in [1.165, 1.54) is 24.1 Å². The summed E-state index contributed by atoms with van der Waals surface area (Å²) in [6, 6.07) is 0. The van der Waals surface area contributed by atoms with Gasteiger partial charge in [-0.2, -0.15) is 0 Å². The Hall–Kier alpha value is -1.10. The second-order valence-corrected chi connectivity index (χ2v) is 6.02. The lowest BCUT2D eigenvalue weighted by Gasteiger charge is -2.25. The Kier molecular flexibility index (Phi) is 3.99. The molecule has 5 heteroatoms. The van der Waals surface area contributed by atoms with Crippen LogP contribution in [0.15, 0.2) is 4.99 Å². The minimum atomic E-state index is 0.543. The van der Waals surface area contributed by atoms with Crippen LogP contribution in [-0.4, -0.2) is 17.5 Å². The Morgan fingerprint density at radius 2 is 2.29 bits per heavy atom. The van der Waals surface area contributed by atoms with Gasteiger partial charge < -0.3 is 11.1 Å². The van der Waals surface area contributed by atoms with Gasteiger partial charge in [-0.15, -0.1) is 11.3 Å². The summed E-state index contributed by atoms with van der Waals surface area (Å²) in [5, 5.41) is 4.28. The molecule has 17 heavy (non-hydrogen) atoms. The molecule has 1 aromatic rings. The van der Waals surface area contributed by atoms with Gasteiger partial charge >= 0.3 is 0 Å². The fourth-order valence-corrected chi connectivity index (χ4v) is 2.71. The molecule has 0 unspecified atom stereocenters. The van der Waals surface area contributed by atoms with E-state index >= 15 is 0 Å². The van der Waals surface area contributed by atoms with Crippen molar-refractivity contribution in [3.05, 3.63) is 15.6 Å². The SMILES string of the molecule is Cc1nc(CN=C(N)NCC2CCC2)c(C)s1. The maximum Gasteiger partial charge on any atom is 0.188 e. The summed E-state index contributed by atoms with van der Waals surface area (Å²) in [7, 11) is 0. The summed E-state index contributed by atoms with van der Waals surface area (Å²) in [6.45, 7) is 5.64. The number of aromatic nitrogens is 1. The molecule has 1 aromatic heterocycles. The summed E-state index contributed by atoms with van der Waals surface area (Å²) in [5.74, 6) is 1.34. The molecule has 1 fully saturated rings. The second-order valence-electron chi connectivity index (χ2n) is 4.62. The van der Waals surface area contributed by atoms with E-state index in [1.54, 1.807) is 11.3 Å². The number of nitrogens with one attached hydrogen (secondary N) is 1. The zero-order chi connectivity index (χ0) is 12.3. The predicted molar refractivity (Wildman–Crippen MR) is 72.3 cm³/mol. The number of nitrogens with zero attached hydrogens (tertiary/aromatic N) is 2. The molecule has 1 saturated carbocycles. The van der Waals surface area contributed by atoms with Gasteiger partial charge in [0.2, 0.25) is 0 Å². The van der Waals surface area contributed by atoms with E-state index in [4.69, 9.17) is 5.73 Å². The normalized spacial score (nSPS) is 16.9. The Labute approximate surface area is 106 Å². The van der Waals surface area contributed by atoms with Crippen LogP contribution in [0.1, 0.15) is 34.8 Å². The molecule has 1 aliphatic carbocycles. The van der Waals surface area contributed by atoms with Gasteiger partial charge in [0.25, 0.3) is 0 Å². The van der Waals surface area contributed by atoms with Crippen molar-refractivity contribution in [2.24, 2.45) is 16.6 Å². The van der Waals surface area contributed by atoms with Crippen molar-refractivity contribution in [2.75, 3.05) is 6.54 Å². The third-order valence-electron chi connectivity index (χ3n) is 3.20. The molecule has 94 valence electrons. The molecule has 0 bridgehead atoms. The van der Waals surface area contributed by atoms with E-state index in [1.807, 2.05) is 6.92 Å². The molecule has 0 saturated heterocycles. The van der Waals surface area contributed by atoms with Crippen molar-refractivity contribution in [2.45, 2.75) is 39.7 Å². The summed E-state index contributed by atoms with van der Waals surface area (Å²) >= 11 is 1.71. The molecule has 0 aromatic carbocycles. The molecule has 3 N–H and O–H groups in total. The number of aliphatic imine (C=N–C) groups is 1. The first-order chi connectivity index (χ1) is 8.15. The lowest BCUT2D eigenvalue weighted by molar-refractivity contribution is 0.315. The largest absolute Gasteiger partial charge is 0.370 e. The molecule has 0 spiro atoms. The average molecular weight is 252 g/mol. The first-order valence-corrected chi connectivity index (χ1v) is 6.93. The number of thiazole rings is 1. The number of aryl methyl sites for hydroxylation is 2. The zero-order valence-electron chi connectivity index (χ0n) is 10.5. The molecular weight excluding hydrogens is 232 g/mol.